The van der Waals surface area contributed by atoms with Gasteiger partial charge in [0.1, 0.15) is 0 Å². The van der Waals surface area contributed by atoms with E-state index in [1.807, 2.05) is 0 Å². The zero-order chi connectivity index (χ0) is 11.7. The quantitative estimate of drug-likeness (QED) is 0.286. The van der Waals surface area contributed by atoms with Crippen molar-refractivity contribution in [3.05, 3.63) is 36.4 Å². The van der Waals surface area contributed by atoms with Gasteiger partial charge in [0, 0.05) is 0 Å². The molecule has 3 aromatic rings. The monoisotopic (exact) mass is 494 g/mol. The van der Waals surface area contributed by atoms with Crippen LogP contribution in [-0.4, -0.2) is 52.5 Å². The van der Waals surface area contributed by atoms with Gasteiger partial charge in [-0.3, -0.25) is 0 Å². The maximum atomic E-state index is 2.44. The van der Waals surface area contributed by atoms with E-state index in [1.165, 1.54) is 0 Å². The molecule has 0 atom stereocenters. The first-order chi connectivity index (χ1) is 8.93. The fourth-order valence-corrected chi connectivity index (χ4v) is 18.7. The second-order valence-corrected chi connectivity index (χ2v) is 16.6. The predicted octanol–water partition coefficient (Wildman–Crippen LogP) is -0.832. The number of fused-ring (bicyclic) bond motifs is 3. The molecule has 0 amide bonds. The van der Waals surface area contributed by atoms with Gasteiger partial charge >= 0.3 is 128 Å². The Labute approximate surface area is 127 Å². The summed E-state index contributed by atoms with van der Waals surface area (Å²) in [6, 6.07) is 14.0. The van der Waals surface area contributed by atoms with E-state index in [0.717, 1.165) is 26.3 Å². The van der Waals surface area contributed by atoms with E-state index in [0.29, 0.717) is 26.3 Å². The van der Waals surface area contributed by atoms with Crippen LogP contribution in [0.4, 0.5) is 0 Å². The molecular weight excluding hydrogens is 484 g/mol. The minimum absolute atomic E-state index is 0.717. The molecule has 0 nitrogen and oxygen atoms in total. The minimum atomic E-state index is 0.717. The molecule has 3 aromatic carbocycles. The molecule has 0 saturated heterocycles. The molecule has 0 aliphatic carbocycles. The molecule has 0 spiro atoms. The molecule has 2 aliphatic rings. The van der Waals surface area contributed by atoms with Gasteiger partial charge in [-0.05, 0) is 0 Å². The fraction of sp³-hybridized carbons (Fsp3) is 0. The van der Waals surface area contributed by atoms with Gasteiger partial charge in [0.05, 0.1) is 0 Å². The van der Waals surface area contributed by atoms with Crippen LogP contribution in [0.25, 0.3) is 21.5 Å². The van der Waals surface area contributed by atoms with Gasteiger partial charge < -0.3 is 0 Å². The van der Waals surface area contributed by atoms with Crippen molar-refractivity contribution in [2.45, 2.75) is 0 Å². The number of hydrogen-bond acceptors (Lipinski definition) is 0. The van der Waals surface area contributed by atoms with Crippen molar-refractivity contribution in [1.82, 2.24) is 0 Å². The molecule has 0 N–H and O–H groups in total. The first-order valence-electron chi connectivity index (χ1n) is 5.64. The third-order valence-electron chi connectivity index (χ3n) is 3.43. The zero-order valence-corrected chi connectivity index (χ0v) is 15.9. The Morgan fingerprint density at radius 3 is 1.56 bits per heavy atom. The summed E-state index contributed by atoms with van der Waals surface area (Å²) in [5, 5.41) is 6.56. The van der Waals surface area contributed by atoms with E-state index >= 15 is 0 Å². The SMILES string of the molecule is c1ccc2c3c4c(ccc5c4c(c2c1)[Se][Se]5)[Se][Se]3. The van der Waals surface area contributed by atoms with Crippen LogP contribution in [0.2, 0.25) is 0 Å². The molecule has 0 bridgehead atoms. The van der Waals surface area contributed by atoms with E-state index in [1.54, 1.807) is 39.4 Å². The number of hydrogen-bond donors (Lipinski definition) is 0. The third-order valence-corrected chi connectivity index (χ3v) is 17.8. The van der Waals surface area contributed by atoms with E-state index in [9.17, 15) is 0 Å². The Kier molecular flexibility index (Phi) is 2.37. The molecule has 0 radical (unpaired) electrons. The van der Waals surface area contributed by atoms with E-state index < -0.39 is 0 Å². The van der Waals surface area contributed by atoms with Crippen LogP contribution in [0.5, 0.6) is 0 Å². The van der Waals surface area contributed by atoms with Crippen LogP contribution in [0.3, 0.4) is 0 Å². The topological polar surface area (TPSA) is 0 Å². The van der Waals surface area contributed by atoms with Crippen LogP contribution < -0.4 is 17.8 Å². The summed E-state index contributed by atoms with van der Waals surface area (Å²) in [5.74, 6) is 0. The van der Waals surface area contributed by atoms with Gasteiger partial charge in [-0.2, -0.15) is 0 Å². The van der Waals surface area contributed by atoms with Gasteiger partial charge in [-0.15, -0.1) is 0 Å². The standard InChI is InChI=1S/C14H6Se4/c1-2-4-8-7(3-1)13-11-9(15-17-13)5-6-10-12(11)14(8)18-16-10/h1-6H. The maximum absolute atomic E-state index is 2.44. The molecule has 5 rings (SSSR count). The van der Waals surface area contributed by atoms with Gasteiger partial charge in [0.15, 0.2) is 0 Å². The number of rotatable bonds is 0. The Hall–Kier alpha value is 0.258. The molecule has 0 saturated carbocycles. The van der Waals surface area contributed by atoms with Crippen LogP contribution in [0.15, 0.2) is 36.4 Å². The third kappa shape index (κ3) is 1.29. The van der Waals surface area contributed by atoms with Crippen molar-refractivity contribution < 1.29 is 0 Å². The van der Waals surface area contributed by atoms with Crippen molar-refractivity contribution in [2.24, 2.45) is 0 Å². The summed E-state index contributed by atoms with van der Waals surface area (Å²) >= 11 is 2.90. The Balaban J connectivity index is 2.19. The molecule has 0 aromatic heterocycles. The van der Waals surface area contributed by atoms with Crippen LogP contribution in [0.1, 0.15) is 0 Å². The Morgan fingerprint density at radius 1 is 0.556 bits per heavy atom. The van der Waals surface area contributed by atoms with E-state index in [-0.39, 0.29) is 0 Å². The molecule has 2 heterocycles. The summed E-state index contributed by atoms with van der Waals surface area (Å²) in [4.78, 5) is 0. The average Bonchev–Trinajstić information content (AvgIpc) is 3.01. The van der Waals surface area contributed by atoms with Gasteiger partial charge in [-0.1, -0.05) is 0 Å². The molecule has 0 fully saturated rings. The fourth-order valence-electron chi connectivity index (χ4n) is 2.65. The van der Waals surface area contributed by atoms with Crippen LogP contribution >= 0.6 is 0 Å². The summed E-state index contributed by atoms with van der Waals surface area (Å²) < 4.78 is 6.83. The van der Waals surface area contributed by atoms with E-state index in [4.69, 9.17) is 0 Å². The second-order valence-electron chi connectivity index (χ2n) is 4.35. The van der Waals surface area contributed by atoms with Gasteiger partial charge in [-0.25, -0.2) is 0 Å². The Bertz CT molecular complexity index is 768. The molecule has 0 unspecified atom stereocenters. The van der Waals surface area contributed by atoms with Crippen LogP contribution in [0, 0.1) is 0 Å². The summed E-state index contributed by atoms with van der Waals surface area (Å²) in [7, 11) is 0. The molecule has 4 heteroatoms. The van der Waals surface area contributed by atoms with Crippen molar-refractivity contribution in [2.75, 3.05) is 0 Å². The van der Waals surface area contributed by atoms with Gasteiger partial charge in [0.2, 0.25) is 0 Å². The van der Waals surface area contributed by atoms with Crippen molar-refractivity contribution in [1.29, 1.82) is 0 Å². The predicted molar refractivity (Wildman–Crippen MR) is 83.0 cm³/mol. The molecule has 18 heavy (non-hydrogen) atoms. The average molecular weight is 490 g/mol. The molecule has 2 aliphatic heterocycles. The number of benzene rings is 3. The first kappa shape index (κ1) is 11.0. The summed E-state index contributed by atoms with van der Waals surface area (Å²) in [6.07, 6.45) is 0. The summed E-state index contributed by atoms with van der Waals surface area (Å²) in [6.45, 7) is 0. The molecule has 86 valence electrons. The second kappa shape index (κ2) is 3.89. The van der Waals surface area contributed by atoms with Crippen molar-refractivity contribution >= 4 is 91.9 Å². The van der Waals surface area contributed by atoms with E-state index in [2.05, 4.69) is 36.4 Å². The van der Waals surface area contributed by atoms with Crippen LogP contribution in [-0.2, 0) is 0 Å². The normalized spacial score (nSPS) is 16.0. The summed E-state index contributed by atoms with van der Waals surface area (Å²) in [5.41, 5.74) is 0. The Morgan fingerprint density at radius 2 is 1.06 bits per heavy atom. The first-order valence-corrected chi connectivity index (χ1v) is 17.7. The zero-order valence-electron chi connectivity index (χ0n) is 9.10. The van der Waals surface area contributed by atoms with Crippen molar-refractivity contribution in [3.8, 4) is 0 Å². The van der Waals surface area contributed by atoms with Crippen molar-refractivity contribution in [3.63, 3.8) is 0 Å². The molecular formula is C14H6Se4. The van der Waals surface area contributed by atoms with Gasteiger partial charge in [0.25, 0.3) is 0 Å².